The Morgan fingerprint density at radius 1 is 1.24 bits per heavy atom. The molecule has 3 atom stereocenters. The van der Waals surface area contributed by atoms with E-state index in [1.54, 1.807) is 30.0 Å². The van der Waals surface area contributed by atoms with Gasteiger partial charge in [-0.05, 0) is 63.5 Å². The number of benzene rings is 2. The molecule has 1 heterocycles. The van der Waals surface area contributed by atoms with Crippen LogP contribution in [0.2, 0.25) is 0 Å². The summed E-state index contributed by atoms with van der Waals surface area (Å²) in [6.45, 7) is 4.68. The average Bonchev–Trinajstić information content (AvgIpc) is 2.81. The molecule has 0 saturated heterocycles. The molecule has 34 heavy (non-hydrogen) atoms. The number of sulfonamides is 1. The van der Waals surface area contributed by atoms with Crippen LogP contribution in [-0.2, 0) is 21.2 Å². The predicted molar refractivity (Wildman–Crippen MR) is 128 cm³/mol. The minimum Gasteiger partial charge on any atom is -0.488 e. The maximum Gasteiger partial charge on any atom is 0.261 e. The van der Waals surface area contributed by atoms with Crippen molar-refractivity contribution in [2.75, 3.05) is 38.5 Å². The molecule has 1 aliphatic heterocycles. The lowest BCUT2D eigenvalue weighted by molar-refractivity contribution is -0.134. The van der Waals surface area contributed by atoms with Gasteiger partial charge in [0.2, 0.25) is 5.91 Å². The minimum atomic E-state index is -3.95. The molecule has 2 aromatic carbocycles. The number of aliphatic hydroxyl groups is 1. The second kappa shape index (κ2) is 10.7. The molecule has 0 bridgehead atoms. The maximum atomic E-state index is 13.2. The van der Waals surface area contributed by atoms with Crippen LogP contribution >= 0.6 is 0 Å². The summed E-state index contributed by atoms with van der Waals surface area (Å²) in [4.78, 5) is 16.8. The Balaban J connectivity index is 1.97. The van der Waals surface area contributed by atoms with Crippen LogP contribution in [0.15, 0.2) is 47.4 Å². The molecular weight excluding hydrogens is 461 g/mol. The number of carbonyl (C=O) groups excluding carboxylic acids is 1. The third kappa shape index (κ3) is 6.25. The average molecular weight is 494 g/mol. The molecule has 3 rings (SSSR count). The lowest BCUT2D eigenvalue weighted by Gasteiger charge is -2.33. The zero-order chi connectivity index (χ0) is 25.0. The summed E-state index contributed by atoms with van der Waals surface area (Å²) in [5, 5.41) is 9.69. The fourth-order valence-corrected chi connectivity index (χ4v) is 4.95. The van der Waals surface area contributed by atoms with Gasteiger partial charge in [-0.15, -0.1) is 0 Å². The van der Waals surface area contributed by atoms with Gasteiger partial charge < -0.3 is 19.6 Å². The number of likely N-dealkylation sites (N-methyl/N-ethyl adjacent to an activating group) is 1. The minimum absolute atomic E-state index is 0.00675. The van der Waals surface area contributed by atoms with Crippen LogP contribution in [0.1, 0.15) is 19.4 Å². The van der Waals surface area contributed by atoms with Crippen molar-refractivity contribution in [1.82, 2.24) is 9.80 Å². The number of halogens is 1. The van der Waals surface area contributed by atoms with Gasteiger partial charge in [0.25, 0.3) is 10.0 Å². The highest BCUT2D eigenvalue weighted by Crippen LogP contribution is 2.30. The van der Waals surface area contributed by atoms with Gasteiger partial charge in [0.15, 0.2) is 0 Å². The SMILES string of the molecule is C[C@H]1CN([C@@H](C)CO)C(=O)Cc2cc(NS(=O)(=O)c3ccc(F)cc3)ccc2O[C@@H]1CN(C)C. The summed E-state index contributed by atoms with van der Waals surface area (Å²) >= 11 is 0. The number of amides is 1. The van der Waals surface area contributed by atoms with Gasteiger partial charge in [-0.25, -0.2) is 12.8 Å². The lowest BCUT2D eigenvalue weighted by Crippen LogP contribution is -2.47. The number of hydrogen-bond acceptors (Lipinski definition) is 6. The first-order chi connectivity index (χ1) is 16.0. The van der Waals surface area contributed by atoms with Gasteiger partial charge in [0.05, 0.1) is 24.0 Å². The van der Waals surface area contributed by atoms with Crippen molar-refractivity contribution >= 4 is 21.6 Å². The third-order valence-electron chi connectivity index (χ3n) is 5.84. The van der Waals surface area contributed by atoms with Crippen LogP contribution in [0.25, 0.3) is 0 Å². The fourth-order valence-electron chi connectivity index (χ4n) is 3.90. The Morgan fingerprint density at radius 2 is 1.91 bits per heavy atom. The van der Waals surface area contributed by atoms with Crippen LogP contribution in [0, 0.1) is 11.7 Å². The number of nitrogens with zero attached hydrogens (tertiary/aromatic N) is 2. The number of rotatable bonds is 7. The van der Waals surface area contributed by atoms with Gasteiger partial charge in [0, 0.05) is 30.3 Å². The summed E-state index contributed by atoms with van der Waals surface area (Å²) < 4.78 is 47.5. The number of nitrogens with one attached hydrogen (secondary N) is 1. The van der Waals surface area contributed by atoms with Crippen LogP contribution < -0.4 is 9.46 Å². The van der Waals surface area contributed by atoms with Crippen LogP contribution in [0.5, 0.6) is 5.75 Å². The molecule has 186 valence electrons. The highest BCUT2D eigenvalue weighted by molar-refractivity contribution is 7.92. The van der Waals surface area contributed by atoms with Gasteiger partial charge in [-0.1, -0.05) is 6.92 Å². The van der Waals surface area contributed by atoms with E-state index in [2.05, 4.69) is 4.72 Å². The zero-order valence-electron chi connectivity index (χ0n) is 19.9. The Bertz CT molecular complexity index is 1110. The number of fused-ring (bicyclic) bond motifs is 1. The largest absolute Gasteiger partial charge is 0.488 e. The van der Waals surface area contributed by atoms with Crippen molar-refractivity contribution in [3.05, 3.63) is 53.8 Å². The molecule has 2 aromatic rings. The van der Waals surface area contributed by atoms with E-state index in [9.17, 15) is 22.7 Å². The van der Waals surface area contributed by atoms with E-state index in [-0.39, 0.29) is 47.6 Å². The van der Waals surface area contributed by atoms with E-state index in [4.69, 9.17) is 4.74 Å². The molecule has 1 amide bonds. The van der Waals surface area contributed by atoms with Gasteiger partial charge in [-0.3, -0.25) is 9.52 Å². The van der Waals surface area contributed by atoms with E-state index in [1.807, 2.05) is 25.9 Å². The van der Waals surface area contributed by atoms with Crippen molar-refractivity contribution in [2.45, 2.75) is 37.3 Å². The van der Waals surface area contributed by atoms with Crippen LogP contribution in [0.3, 0.4) is 0 Å². The Hall–Kier alpha value is -2.69. The Kier molecular flexibility index (Phi) is 8.17. The monoisotopic (exact) mass is 493 g/mol. The second-order valence-corrected chi connectivity index (χ2v) is 10.7. The summed E-state index contributed by atoms with van der Waals surface area (Å²) in [6.07, 6.45) is -0.234. The summed E-state index contributed by atoms with van der Waals surface area (Å²) in [5.41, 5.74) is 0.801. The van der Waals surface area contributed by atoms with Crippen LogP contribution in [0.4, 0.5) is 10.1 Å². The van der Waals surface area contributed by atoms with Crippen molar-refractivity contribution in [2.24, 2.45) is 5.92 Å². The molecule has 0 fully saturated rings. The van der Waals surface area contributed by atoms with E-state index >= 15 is 0 Å². The van der Waals surface area contributed by atoms with Gasteiger partial charge in [-0.2, -0.15) is 0 Å². The molecular formula is C24H32FN3O5S. The van der Waals surface area contributed by atoms with Crippen molar-refractivity contribution in [3.63, 3.8) is 0 Å². The molecule has 8 nitrogen and oxygen atoms in total. The first kappa shape index (κ1) is 25.9. The molecule has 0 aromatic heterocycles. The van der Waals surface area contributed by atoms with E-state index in [1.165, 1.54) is 12.1 Å². The zero-order valence-corrected chi connectivity index (χ0v) is 20.7. The number of aliphatic hydroxyl groups excluding tert-OH is 1. The number of anilines is 1. The number of hydrogen-bond donors (Lipinski definition) is 2. The van der Waals surface area contributed by atoms with Crippen molar-refractivity contribution in [3.8, 4) is 5.75 Å². The normalized spacial score (nSPS) is 20.1. The standard InChI is InChI=1S/C24H32FN3O5S/c1-16-13-28(17(2)15-29)24(30)12-18-11-20(7-10-22(18)33-23(16)14-27(3)4)26-34(31,32)21-8-5-19(25)6-9-21/h5-11,16-17,23,26,29H,12-15H2,1-4H3/t16-,17-,23+/m0/s1. The smallest absolute Gasteiger partial charge is 0.261 e. The quantitative estimate of drug-likeness (QED) is 0.614. The molecule has 2 N–H and O–H groups in total. The van der Waals surface area contributed by atoms with E-state index in [0.717, 1.165) is 12.1 Å². The molecule has 1 aliphatic rings. The molecule has 0 saturated carbocycles. The molecule has 0 aliphatic carbocycles. The lowest BCUT2D eigenvalue weighted by atomic mass is 10.0. The van der Waals surface area contributed by atoms with Crippen molar-refractivity contribution in [1.29, 1.82) is 0 Å². The van der Waals surface area contributed by atoms with E-state index < -0.39 is 15.8 Å². The Morgan fingerprint density at radius 3 is 2.53 bits per heavy atom. The molecule has 0 unspecified atom stereocenters. The predicted octanol–water partition coefficient (Wildman–Crippen LogP) is 2.34. The highest BCUT2D eigenvalue weighted by Gasteiger charge is 2.31. The summed E-state index contributed by atoms with van der Waals surface area (Å²) in [6, 6.07) is 8.98. The first-order valence-electron chi connectivity index (χ1n) is 11.1. The maximum absolute atomic E-state index is 13.2. The molecule has 0 radical (unpaired) electrons. The van der Waals surface area contributed by atoms with Gasteiger partial charge in [0.1, 0.15) is 17.7 Å². The van der Waals surface area contributed by atoms with E-state index in [0.29, 0.717) is 24.4 Å². The number of ether oxygens (including phenoxy) is 1. The number of carbonyl (C=O) groups is 1. The molecule has 10 heteroatoms. The second-order valence-electron chi connectivity index (χ2n) is 9.03. The molecule has 0 spiro atoms. The summed E-state index contributed by atoms with van der Waals surface area (Å²) in [5.74, 6) is -0.213. The highest BCUT2D eigenvalue weighted by atomic mass is 32.2. The van der Waals surface area contributed by atoms with Crippen molar-refractivity contribution < 1.29 is 27.4 Å². The summed E-state index contributed by atoms with van der Waals surface area (Å²) in [7, 11) is -0.0684. The fraction of sp³-hybridized carbons (Fsp3) is 0.458. The van der Waals surface area contributed by atoms with Gasteiger partial charge >= 0.3 is 0 Å². The third-order valence-corrected chi connectivity index (χ3v) is 7.23. The first-order valence-corrected chi connectivity index (χ1v) is 12.6. The van der Waals surface area contributed by atoms with Crippen LogP contribution in [-0.4, -0.2) is 75.2 Å². The Labute approximate surface area is 200 Å². The topological polar surface area (TPSA) is 99.2 Å².